The van der Waals surface area contributed by atoms with Crippen LogP contribution in [0.5, 0.6) is 5.75 Å². The minimum atomic E-state index is -0.422. The van der Waals surface area contributed by atoms with E-state index in [0.717, 1.165) is 0 Å². The van der Waals surface area contributed by atoms with Gasteiger partial charge < -0.3 is 20.1 Å². The third-order valence-electron chi connectivity index (χ3n) is 2.93. The third-order valence-corrected chi connectivity index (χ3v) is 3.23. The molecular weight excluding hydrogens is 268 g/mol. The number of hydrogen-bond donors (Lipinski definition) is 2. The molecule has 104 valence electrons. The largest absolute Gasteiger partial charge is 0.492 e. The van der Waals surface area contributed by atoms with Gasteiger partial charge in [0, 0.05) is 18.8 Å². The van der Waals surface area contributed by atoms with Gasteiger partial charge in [-0.1, -0.05) is 11.6 Å². The topological polar surface area (TPSA) is 61.8 Å². The monoisotopic (exact) mass is 284 g/mol. The molecule has 1 aliphatic heterocycles. The normalized spacial score (nSPS) is 18.5. The quantitative estimate of drug-likeness (QED) is 0.895. The number of nitrogens with zero attached hydrogens (tertiary/aromatic N) is 1. The van der Waals surface area contributed by atoms with Crippen molar-refractivity contribution in [2.45, 2.75) is 19.4 Å². The maximum Gasteiger partial charge on any atom is 0.321 e. The lowest BCUT2D eigenvalue weighted by Gasteiger charge is -2.17. The summed E-state index contributed by atoms with van der Waals surface area (Å²) in [6, 6.07) is 4.88. The fourth-order valence-corrected chi connectivity index (χ4v) is 2.22. The minimum absolute atomic E-state index is 0.225. The molecule has 1 heterocycles. The summed E-state index contributed by atoms with van der Waals surface area (Å²) in [7, 11) is 0. The lowest BCUT2D eigenvalue weighted by molar-refractivity contribution is 0.176. The average molecular weight is 285 g/mol. The highest BCUT2D eigenvalue weighted by molar-refractivity contribution is 6.32. The van der Waals surface area contributed by atoms with Gasteiger partial charge in [0.15, 0.2) is 0 Å². The number of nitrogens with one attached hydrogen (secondary N) is 1. The maximum absolute atomic E-state index is 11.9. The number of benzene rings is 1. The summed E-state index contributed by atoms with van der Waals surface area (Å²) in [6.07, 6.45) is 0.201. The number of ether oxygens (including phenoxy) is 1. The number of aliphatic hydroxyl groups is 1. The van der Waals surface area contributed by atoms with Crippen LogP contribution in [0.2, 0.25) is 5.02 Å². The number of amides is 2. The molecule has 6 heteroatoms. The molecule has 0 spiro atoms. The Labute approximate surface area is 117 Å². The van der Waals surface area contributed by atoms with Crippen molar-refractivity contribution < 1.29 is 14.6 Å². The molecule has 0 unspecified atom stereocenters. The van der Waals surface area contributed by atoms with E-state index >= 15 is 0 Å². The molecule has 2 rings (SSSR count). The van der Waals surface area contributed by atoms with E-state index in [9.17, 15) is 9.90 Å². The van der Waals surface area contributed by atoms with Gasteiger partial charge in [0.25, 0.3) is 0 Å². The van der Waals surface area contributed by atoms with Gasteiger partial charge in [-0.05, 0) is 31.5 Å². The van der Waals surface area contributed by atoms with E-state index in [4.69, 9.17) is 16.3 Å². The van der Waals surface area contributed by atoms with E-state index in [1.807, 2.05) is 6.92 Å². The number of β-amino-alcohol motifs (C(OH)–C–C–N with tert-alkyl or cyclic N) is 1. The number of rotatable bonds is 3. The molecule has 2 N–H and O–H groups in total. The van der Waals surface area contributed by atoms with Crippen LogP contribution in [-0.2, 0) is 0 Å². The molecular formula is C13H17ClN2O3. The van der Waals surface area contributed by atoms with E-state index in [2.05, 4.69) is 5.32 Å². The molecule has 0 aliphatic carbocycles. The Kier molecular flexibility index (Phi) is 4.50. The SMILES string of the molecule is CCOc1ccc(NC(=O)N2CC[C@@H](O)C2)cc1Cl. The molecule has 1 aromatic rings. The van der Waals surface area contributed by atoms with Crippen LogP contribution in [0.1, 0.15) is 13.3 Å². The first-order valence-corrected chi connectivity index (χ1v) is 6.64. The van der Waals surface area contributed by atoms with Crippen molar-refractivity contribution in [2.24, 2.45) is 0 Å². The van der Waals surface area contributed by atoms with Gasteiger partial charge in [-0.2, -0.15) is 0 Å². The van der Waals surface area contributed by atoms with Gasteiger partial charge in [0.05, 0.1) is 17.7 Å². The summed E-state index contributed by atoms with van der Waals surface area (Å²) < 4.78 is 5.32. The van der Waals surface area contributed by atoms with E-state index < -0.39 is 6.10 Å². The van der Waals surface area contributed by atoms with Crippen molar-refractivity contribution >= 4 is 23.3 Å². The fraction of sp³-hybridized carbons (Fsp3) is 0.462. The summed E-state index contributed by atoms with van der Waals surface area (Å²) in [5, 5.41) is 12.6. The number of likely N-dealkylation sites (tertiary alicyclic amines) is 1. The van der Waals surface area contributed by atoms with Crippen LogP contribution in [0.25, 0.3) is 0 Å². The second kappa shape index (κ2) is 6.12. The molecule has 1 atom stereocenters. The molecule has 5 nitrogen and oxygen atoms in total. The van der Waals surface area contributed by atoms with E-state index in [-0.39, 0.29) is 6.03 Å². The molecule has 0 bridgehead atoms. The van der Waals surface area contributed by atoms with Crippen LogP contribution in [0.15, 0.2) is 18.2 Å². The second-order valence-electron chi connectivity index (χ2n) is 4.40. The van der Waals surface area contributed by atoms with Gasteiger partial charge in [-0.15, -0.1) is 0 Å². The third kappa shape index (κ3) is 3.52. The Bertz CT molecular complexity index is 467. The predicted octanol–water partition coefficient (Wildman–Crippen LogP) is 2.34. The lowest BCUT2D eigenvalue weighted by Crippen LogP contribution is -2.33. The molecule has 1 fully saturated rings. The van der Waals surface area contributed by atoms with Crippen LogP contribution < -0.4 is 10.1 Å². The van der Waals surface area contributed by atoms with Crippen LogP contribution in [0, 0.1) is 0 Å². The van der Waals surface area contributed by atoms with Gasteiger partial charge in [-0.3, -0.25) is 0 Å². The van der Waals surface area contributed by atoms with Gasteiger partial charge in [0.2, 0.25) is 0 Å². The Morgan fingerprint density at radius 1 is 1.63 bits per heavy atom. The van der Waals surface area contributed by atoms with Crippen molar-refractivity contribution in [3.63, 3.8) is 0 Å². The van der Waals surface area contributed by atoms with Crippen molar-refractivity contribution in [2.75, 3.05) is 25.0 Å². The lowest BCUT2D eigenvalue weighted by atomic mass is 10.3. The van der Waals surface area contributed by atoms with Gasteiger partial charge >= 0.3 is 6.03 Å². The molecule has 0 radical (unpaired) electrons. The molecule has 1 aliphatic rings. The molecule has 19 heavy (non-hydrogen) atoms. The van der Waals surface area contributed by atoms with Gasteiger partial charge in [0.1, 0.15) is 5.75 Å². The molecule has 1 aromatic carbocycles. The van der Waals surface area contributed by atoms with E-state index in [0.29, 0.717) is 42.6 Å². The molecule has 2 amide bonds. The van der Waals surface area contributed by atoms with Crippen LogP contribution >= 0.6 is 11.6 Å². The zero-order valence-corrected chi connectivity index (χ0v) is 11.5. The first-order chi connectivity index (χ1) is 9.10. The summed E-state index contributed by atoms with van der Waals surface area (Å²) >= 11 is 6.04. The smallest absolute Gasteiger partial charge is 0.321 e. The standard InChI is InChI=1S/C13H17ClN2O3/c1-2-19-12-4-3-9(7-11(12)14)15-13(18)16-6-5-10(17)8-16/h3-4,7,10,17H,2,5-6,8H2,1H3,(H,15,18)/t10-/m1/s1. The summed E-state index contributed by atoms with van der Waals surface area (Å²) in [5.74, 6) is 0.596. The van der Waals surface area contributed by atoms with Gasteiger partial charge in [-0.25, -0.2) is 4.79 Å². The predicted molar refractivity (Wildman–Crippen MR) is 73.8 cm³/mol. The van der Waals surface area contributed by atoms with E-state index in [1.165, 1.54) is 0 Å². The first kappa shape index (κ1) is 14.0. The Balaban J connectivity index is 1.99. The summed E-state index contributed by atoms with van der Waals surface area (Å²) in [5.41, 5.74) is 0.611. The van der Waals surface area contributed by atoms with E-state index in [1.54, 1.807) is 23.1 Å². The Morgan fingerprint density at radius 3 is 3.00 bits per heavy atom. The number of aliphatic hydroxyl groups excluding tert-OH is 1. The fourth-order valence-electron chi connectivity index (χ4n) is 1.98. The number of halogens is 1. The number of anilines is 1. The number of carbonyl (C=O) groups excluding carboxylic acids is 1. The van der Waals surface area contributed by atoms with Crippen molar-refractivity contribution in [1.29, 1.82) is 0 Å². The molecule has 1 saturated heterocycles. The zero-order chi connectivity index (χ0) is 13.8. The highest BCUT2D eigenvalue weighted by atomic mass is 35.5. The maximum atomic E-state index is 11.9. The highest BCUT2D eigenvalue weighted by Crippen LogP contribution is 2.27. The first-order valence-electron chi connectivity index (χ1n) is 6.26. The summed E-state index contributed by atoms with van der Waals surface area (Å²) in [6.45, 7) is 3.36. The second-order valence-corrected chi connectivity index (χ2v) is 4.80. The van der Waals surface area contributed by atoms with Crippen molar-refractivity contribution in [3.8, 4) is 5.75 Å². The van der Waals surface area contributed by atoms with Crippen molar-refractivity contribution in [1.82, 2.24) is 4.90 Å². The summed E-state index contributed by atoms with van der Waals surface area (Å²) in [4.78, 5) is 13.5. The number of hydrogen-bond acceptors (Lipinski definition) is 3. The average Bonchev–Trinajstić information content (AvgIpc) is 2.80. The minimum Gasteiger partial charge on any atom is -0.492 e. The van der Waals surface area contributed by atoms with Crippen LogP contribution in [0.4, 0.5) is 10.5 Å². The van der Waals surface area contributed by atoms with Crippen LogP contribution in [0.3, 0.4) is 0 Å². The molecule has 0 saturated carbocycles. The van der Waals surface area contributed by atoms with Crippen LogP contribution in [-0.4, -0.2) is 41.8 Å². The Hall–Kier alpha value is -1.46. The number of urea groups is 1. The Morgan fingerprint density at radius 2 is 2.42 bits per heavy atom. The molecule has 0 aromatic heterocycles. The zero-order valence-electron chi connectivity index (χ0n) is 10.7. The highest BCUT2D eigenvalue weighted by Gasteiger charge is 2.24. The van der Waals surface area contributed by atoms with Crippen molar-refractivity contribution in [3.05, 3.63) is 23.2 Å². The number of carbonyl (C=O) groups is 1.